The van der Waals surface area contributed by atoms with Gasteiger partial charge in [0.05, 0.1) is 0 Å². The van der Waals surface area contributed by atoms with Gasteiger partial charge in [-0.2, -0.15) is 0 Å². The van der Waals surface area contributed by atoms with E-state index in [9.17, 15) is 4.79 Å². The molecule has 0 unspecified atom stereocenters. The van der Waals surface area contributed by atoms with E-state index in [0.29, 0.717) is 16.6 Å². The van der Waals surface area contributed by atoms with E-state index in [1.54, 1.807) is 0 Å². The predicted molar refractivity (Wildman–Crippen MR) is 99.6 cm³/mol. The maximum Gasteiger partial charge on any atom is 0.136 e. The normalized spacial score (nSPS) is 47.3. The van der Waals surface area contributed by atoms with Gasteiger partial charge in [0.15, 0.2) is 0 Å². The molecule has 24 heavy (non-hydrogen) atoms. The van der Waals surface area contributed by atoms with Crippen LogP contribution in [0.4, 0.5) is 0 Å². The first-order valence-corrected chi connectivity index (χ1v) is 10.2. The van der Waals surface area contributed by atoms with Gasteiger partial charge in [-0.05, 0) is 86.9 Å². The molecule has 0 aliphatic heterocycles. The van der Waals surface area contributed by atoms with Crippen molar-refractivity contribution in [3.63, 3.8) is 0 Å². The maximum absolute atomic E-state index is 12.0. The Morgan fingerprint density at radius 3 is 2.67 bits per heavy atom. The summed E-state index contributed by atoms with van der Waals surface area (Å²) in [5.74, 6) is 3.85. The SMILES string of the molecule is CC(C)=C[C@H]1CC[C@H]2[C@@H]3CC=C4CC(=O)CC[C@]4(C)[C@H]3CC[C@]12C. The lowest BCUT2D eigenvalue weighted by molar-refractivity contribution is -0.122. The van der Waals surface area contributed by atoms with Crippen LogP contribution in [0.25, 0.3) is 0 Å². The lowest BCUT2D eigenvalue weighted by Crippen LogP contribution is -2.49. The summed E-state index contributed by atoms with van der Waals surface area (Å²) in [5, 5.41) is 0. The topological polar surface area (TPSA) is 17.1 Å². The molecule has 0 bridgehead atoms. The minimum atomic E-state index is 0.326. The number of hydrogen-bond donors (Lipinski definition) is 0. The van der Waals surface area contributed by atoms with Crippen molar-refractivity contribution in [1.29, 1.82) is 0 Å². The summed E-state index contributed by atoms with van der Waals surface area (Å²) in [6.45, 7) is 9.61. The molecule has 3 saturated carbocycles. The molecule has 0 aromatic heterocycles. The van der Waals surface area contributed by atoms with Crippen molar-refractivity contribution in [3.8, 4) is 0 Å². The first kappa shape index (κ1) is 16.6. The van der Waals surface area contributed by atoms with Gasteiger partial charge in [0.25, 0.3) is 0 Å². The number of ketones is 1. The minimum absolute atomic E-state index is 0.326. The van der Waals surface area contributed by atoms with Crippen molar-refractivity contribution in [2.75, 3.05) is 0 Å². The highest BCUT2D eigenvalue weighted by Crippen LogP contribution is 2.66. The number of carbonyl (C=O) groups excluding carboxylic acids is 1. The van der Waals surface area contributed by atoms with Crippen LogP contribution < -0.4 is 0 Å². The van der Waals surface area contributed by atoms with Crippen molar-refractivity contribution in [2.45, 2.75) is 79.1 Å². The predicted octanol–water partition coefficient (Wildman–Crippen LogP) is 6.10. The van der Waals surface area contributed by atoms with E-state index in [1.807, 2.05) is 0 Å². The molecule has 132 valence electrons. The molecular weight excluding hydrogens is 292 g/mol. The van der Waals surface area contributed by atoms with Crippen LogP contribution in [0.15, 0.2) is 23.3 Å². The molecule has 0 radical (unpaired) electrons. The van der Waals surface area contributed by atoms with Gasteiger partial charge in [0.1, 0.15) is 5.78 Å². The Balaban J connectivity index is 1.65. The maximum atomic E-state index is 12.0. The van der Waals surface area contributed by atoms with Gasteiger partial charge in [0.2, 0.25) is 0 Å². The van der Waals surface area contributed by atoms with E-state index in [1.165, 1.54) is 43.3 Å². The Labute approximate surface area is 148 Å². The molecule has 0 aromatic rings. The highest BCUT2D eigenvalue weighted by molar-refractivity contribution is 5.82. The summed E-state index contributed by atoms with van der Waals surface area (Å²) in [7, 11) is 0. The van der Waals surface area contributed by atoms with Crippen LogP contribution in [-0.2, 0) is 4.79 Å². The van der Waals surface area contributed by atoms with E-state index in [-0.39, 0.29) is 0 Å². The molecule has 0 N–H and O–H groups in total. The lowest BCUT2D eigenvalue weighted by Gasteiger charge is -2.57. The first-order chi connectivity index (χ1) is 11.3. The summed E-state index contributed by atoms with van der Waals surface area (Å²) >= 11 is 0. The van der Waals surface area contributed by atoms with Crippen LogP contribution in [0.1, 0.15) is 79.1 Å². The van der Waals surface area contributed by atoms with Crippen LogP contribution in [0.2, 0.25) is 0 Å². The van der Waals surface area contributed by atoms with Gasteiger partial charge < -0.3 is 0 Å². The van der Waals surface area contributed by atoms with E-state index >= 15 is 0 Å². The fourth-order valence-electron chi connectivity index (χ4n) is 7.19. The molecule has 3 fully saturated rings. The smallest absolute Gasteiger partial charge is 0.136 e. The second kappa shape index (κ2) is 5.58. The third kappa shape index (κ3) is 2.30. The number of carbonyl (C=O) groups is 1. The number of hydrogen-bond acceptors (Lipinski definition) is 1. The third-order valence-electron chi connectivity index (χ3n) is 8.54. The van der Waals surface area contributed by atoms with Gasteiger partial charge in [-0.3, -0.25) is 4.79 Å². The zero-order valence-corrected chi connectivity index (χ0v) is 16.0. The summed E-state index contributed by atoms with van der Waals surface area (Å²) in [5.41, 5.74) is 3.84. The Kier molecular flexibility index (Phi) is 3.86. The highest BCUT2D eigenvalue weighted by Gasteiger charge is 2.58. The highest BCUT2D eigenvalue weighted by atomic mass is 16.1. The number of fused-ring (bicyclic) bond motifs is 5. The van der Waals surface area contributed by atoms with Crippen LogP contribution in [0.5, 0.6) is 0 Å². The number of Topliss-reactive ketones (excluding diaryl/α,β-unsaturated/α-hetero) is 1. The Morgan fingerprint density at radius 1 is 1.12 bits per heavy atom. The van der Waals surface area contributed by atoms with E-state index in [0.717, 1.165) is 42.9 Å². The molecular formula is C23H34O. The summed E-state index contributed by atoms with van der Waals surface area (Å²) in [4.78, 5) is 12.0. The van der Waals surface area contributed by atoms with Gasteiger partial charge >= 0.3 is 0 Å². The van der Waals surface area contributed by atoms with E-state index in [4.69, 9.17) is 0 Å². The average molecular weight is 327 g/mol. The third-order valence-corrected chi connectivity index (χ3v) is 8.54. The fraction of sp³-hybridized carbons (Fsp3) is 0.783. The van der Waals surface area contributed by atoms with Crippen LogP contribution in [0.3, 0.4) is 0 Å². The minimum Gasteiger partial charge on any atom is -0.299 e. The number of rotatable bonds is 1. The Hall–Kier alpha value is -0.850. The van der Waals surface area contributed by atoms with Crippen molar-refractivity contribution in [3.05, 3.63) is 23.3 Å². The quantitative estimate of drug-likeness (QED) is 0.532. The Morgan fingerprint density at radius 2 is 1.92 bits per heavy atom. The second-order valence-corrected chi connectivity index (χ2v) is 9.95. The van der Waals surface area contributed by atoms with Crippen molar-refractivity contribution < 1.29 is 4.79 Å². The first-order valence-electron chi connectivity index (χ1n) is 10.2. The monoisotopic (exact) mass is 326 g/mol. The van der Waals surface area contributed by atoms with Gasteiger partial charge in [-0.25, -0.2) is 0 Å². The summed E-state index contributed by atoms with van der Waals surface area (Å²) in [6.07, 6.45) is 14.6. The average Bonchev–Trinajstić information content (AvgIpc) is 2.84. The van der Waals surface area contributed by atoms with Crippen LogP contribution >= 0.6 is 0 Å². The molecule has 0 amide bonds. The fourth-order valence-corrected chi connectivity index (χ4v) is 7.19. The van der Waals surface area contributed by atoms with Crippen LogP contribution in [0, 0.1) is 34.5 Å². The van der Waals surface area contributed by atoms with Crippen molar-refractivity contribution in [1.82, 2.24) is 0 Å². The molecule has 0 spiro atoms. The molecule has 1 heteroatoms. The molecule has 6 atom stereocenters. The zero-order valence-electron chi connectivity index (χ0n) is 16.0. The largest absolute Gasteiger partial charge is 0.299 e. The van der Waals surface area contributed by atoms with Gasteiger partial charge in [0, 0.05) is 12.8 Å². The molecule has 0 heterocycles. The van der Waals surface area contributed by atoms with E-state index in [2.05, 4.69) is 39.8 Å². The van der Waals surface area contributed by atoms with Gasteiger partial charge in [-0.1, -0.05) is 37.1 Å². The second-order valence-electron chi connectivity index (χ2n) is 9.95. The molecule has 4 aliphatic carbocycles. The zero-order chi connectivity index (χ0) is 17.1. The number of allylic oxidation sites excluding steroid dienone is 4. The van der Waals surface area contributed by atoms with Crippen LogP contribution in [-0.4, -0.2) is 5.78 Å². The molecule has 1 nitrogen and oxygen atoms in total. The molecule has 0 aromatic carbocycles. The van der Waals surface area contributed by atoms with E-state index < -0.39 is 0 Å². The van der Waals surface area contributed by atoms with Crippen molar-refractivity contribution >= 4 is 5.78 Å². The summed E-state index contributed by atoms with van der Waals surface area (Å²) < 4.78 is 0. The standard InChI is InChI=1S/C23H34O/c1-15(2)13-16-6-8-20-19-7-5-17-14-18(24)9-11-22(17,3)21(19)10-12-23(16,20)4/h5,13,16,19-21H,6-12,14H2,1-4H3/t16-,19+,20+,21+,22+,23-/m1/s1. The van der Waals surface area contributed by atoms with Crippen molar-refractivity contribution in [2.24, 2.45) is 34.5 Å². The van der Waals surface area contributed by atoms with Gasteiger partial charge in [-0.15, -0.1) is 0 Å². The Bertz CT molecular complexity index is 608. The molecule has 4 rings (SSSR count). The molecule has 4 aliphatic rings. The lowest BCUT2D eigenvalue weighted by atomic mass is 9.47. The molecule has 0 saturated heterocycles. The summed E-state index contributed by atoms with van der Waals surface area (Å²) in [6, 6.07) is 0.